The van der Waals surface area contributed by atoms with E-state index in [1.807, 2.05) is 0 Å². The van der Waals surface area contributed by atoms with Crippen LogP contribution in [0.25, 0.3) is 0 Å². The first-order valence-corrected chi connectivity index (χ1v) is 10.9. The van der Waals surface area contributed by atoms with E-state index >= 15 is 0 Å². The van der Waals surface area contributed by atoms with Gasteiger partial charge in [-0.1, -0.05) is 0 Å². The van der Waals surface area contributed by atoms with E-state index in [2.05, 4.69) is 27.7 Å². The van der Waals surface area contributed by atoms with E-state index in [0.717, 1.165) is 12.8 Å². The first-order chi connectivity index (χ1) is 10.5. The SMILES string of the molecule is O=C(COC(=O)C(I)C1[B][I-]1)OC1C2CC3C(=O)OC1C3C2. The van der Waals surface area contributed by atoms with Gasteiger partial charge in [0.25, 0.3) is 0 Å². The van der Waals surface area contributed by atoms with E-state index in [4.69, 9.17) is 14.2 Å². The van der Waals surface area contributed by atoms with E-state index in [0.29, 0.717) is 3.82 Å². The summed E-state index contributed by atoms with van der Waals surface area (Å²) in [5.41, 5.74) is 0. The van der Waals surface area contributed by atoms with E-state index < -0.39 is 5.97 Å². The van der Waals surface area contributed by atoms with Crippen molar-refractivity contribution in [3.63, 3.8) is 0 Å². The van der Waals surface area contributed by atoms with Crippen LogP contribution < -0.4 is 21.0 Å². The molecule has 2 saturated carbocycles. The molecular formula is C13H13BI2O6-. The average Bonchev–Trinajstić information content (AvgIpc) is 3.12. The van der Waals surface area contributed by atoms with Crippen LogP contribution in [-0.2, 0) is 28.6 Å². The van der Waals surface area contributed by atoms with Crippen LogP contribution in [0.4, 0.5) is 0 Å². The number of hydrogen-bond acceptors (Lipinski definition) is 6. The van der Waals surface area contributed by atoms with E-state index in [1.54, 1.807) is 0 Å². The van der Waals surface area contributed by atoms with Crippen molar-refractivity contribution in [2.75, 3.05) is 6.61 Å². The van der Waals surface area contributed by atoms with Gasteiger partial charge in [0.15, 0.2) is 0 Å². The summed E-state index contributed by atoms with van der Waals surface area (Å²) < 4.78 is 16.0. The van der Waals surface area contributed by atoms with Gasteiger partial charge in [-0.15, -0.1) is 0 Å². The number of carbonyl (C=O) groups excluding carboxylic acids is 3. The molecule has 22 heavy (non-hydrogen) atoms. The standard InChI is InChI=1S/C13H13BI2O6/c15-8(11-14-16-11)13(19)20-3-7(17)21-9-4-1-5-6(2-4)12(18)22-10(5)9/h4-6,8-11H,1-3H2/q-1. The first kappa shape index (κ1) is 15.5. The van der Waals surface area contributed by atoms with Crippen LogP contribution in [0, 0.1) is 17.8 Å². The van der Waals surface area contributed by atoms with Crippen LogP contribution in [0.5, 0.6) is 0 Å². The summed E-state index contributed by atoms with van der Waals surface area (Å²) in [6, 6.07) is 0. The predicted octanol–water partition coefficient (Wildman–Crippen LogP) is -3.13. The number of alkyl halides is 2. The summed E-state index contributed by atoms with van der Waals surface area (Å²) in [5, 5.41) is 2.15. The third-order valence-corrected chi connectivity index (χ3v) is 9.72. The normalized spacial score (nSPS) is 42.0. The number of hydrogen-bond donors (Lipinski definition) is 0. The van der Waals surface area contributed by atoms with Crippen molar-refractivity contribution >= 4 is 45.6 Å². The molecule has 119 valence electrons. The van der Waals surface area contributed by atoms with Crippen LogP contribution in [0.15, 0.2) is 0 Å². The van der Waals surface area contributed by atoms with Gasteiger partial charge in [0, 0.05) is 0 Å². The molecule has 4 fully saturated rings. The van der Waals surface area contributed by atoms with Crippen LogP contribution >= 0.6 is 22.6 Å². The molecule has 2 heterocycles. The van der Waals surface area contributed by atoms with Gasteiger partial charge in [-0.05, 0) is 0 Å². The Hall–Kier alpha value is -0.0651. The Balaban J connectivity index is 1.28. The van der Waals surface area contributed by atoms with Gasteiger partial charge in [0.1, 0.15) is 0 Å². The molecule has 0 spiro atoms. The monoisotopic (exact) mass is 530 g/mol. The zero-order valence-electron chi connectivity index (χ0n) is 11.4. The Labute approximate surface area is 151 Å². The van der Waals surface area contributed by atoms with Crippen LogP contribution in [0.1, 0.15) is 12.8 Å². The molecule has 9 heteroatoms. The van der Waals surface area contributed by atoms with Gasteiger partial charge >= 0.3 is 152 Å². The van der Waals surface area contributed by atoms with Crippen molar-refractivity contribution in [3.05, 3.63) is 0 Å². The summed E-state index contributed by atoms with van der Waals surface area (Å²) in [5.74, 6) is -0.653. The van der Waals surface area contributed by atoms with Crippen molar-refractivity contribution in [3.8, 4) is 0 Å². The van der Waals surface area contributed by atoms with Gasteiger partial charge < -0.3 is 0 Å². The molecule has 2 aliphatic carbocycles. The fraction of sp³-hybridized carbons (Fsp3) is 0.769. The van der Waals surface area contributed by atoms with E-state index in [1.165, 1.54) is 0 Å². The van der Waals surface area contributed by atoms with Crippen molar-refractivity contribution in [1.29, 1.82) is 0 Å². The molecule has 0 aromatic heterocycles. The molecule has 4 rings (SSSR count). The molecule has 0 aromatic rings. The summed E-state index contributed by atoms with van der Waals surface area (Å²) in [7, 11) is 0. The molecule has 1 radical (unpaired) electrons. The number of fused-ring (bicyclic) bond motifs is 1. The van der Waals surface area contributed by atoms with E-state index in [-0.39, 0.29) is 73.4 Å². The molecule has 4 aliphatic rings. The van der Waals surface area contributed by atoms with Gasteiger partial charge in [0.2, 0.25) is 0 Å². The molecule has 2 bridgehead atoms. The second-order valence-electron chi connectivity index (χ2n) is 6.06. The Kier molecular flexibility index (Phi) is 4.06. The minimum atomic E-state index is -0.552. The quantitative estimate of drug-likeness (QED) is 0.123. The Bertz CT molecular complexity index is 539. The third kappa shape index (κ3) is 2.65. The fourth-order valence-electron chi connectivity index (χ4n) is 3.76. The molecule has 0 aromatic carbocycles. The average molecular weight is 530 g/mol. The van der Waals surface area contributed by atoms with Crippen molar-refractivity contribution in [2.24, 2.45) is 17.8 Å². The van der Waals surface area contributed by atoms with E-state index in [9.17, 15) is 14.4 Å². The zero-order valence-corrected chi connectivity index (χ0v) is 15.8. The van der Waals surface area contributed by atoms with Gasteiger partial charge in [0.05, 0.1) is 0 Å². The predicted molar refractivity (Wildman–Crippen MR) is 77.8 cm³/mol. The van der Waals surface area contributed by atoms with Gasteiger partial charge in [-0.3, -0.25) is 0 Å². The number of esters is 3. The van der Waals surface area contributed by atoms with Crippen LogP contribution in [0.3, 0.4) is 0 Å². The summed E-state index contributed by atoms with van der Waals surface area (Å²) >= 11 is 2.11. The molecule has 2 aliphatic heterocycles. The maximum atomic E-state index is 11.9. The first-order valence-electron chi connectivity index (χ1n) is 7.20. The maximum absolute atomic E-state index is 11.9. The van der Waals surface area contributed by atoms with Crippen molar-refractivity contribution < 1.29 is 49.6 Å². The van der Waals surface area contributed by atoms with Crippen LogP contribution in [0.2, 0.25) is 0 Å². The molecule has 6 nitrogen and oxygen atoms in total. The number of halogens is 2. The molecule has 0 amide bonds. The number of rotatable bonds is 5. The number of ether oxygens (including phenoxy) is 3. The van der Waals surface area contributed by atoms with Gasteiger partial charge in [-0.25, -0.2) is 0 Å². The molecular weight excluding hydrogens is 517 g/mol. The van der Waals surface area contributed by atoms with Crippen molar-refractivity contribution in [2.45, 2.75) is 32.8 Å². The molecule has 0 N–H and O–H groups in total. The topological polar surface area (TPSA) is 78.9 Å². The second-order valence-corrected chi connectivity index (χ2v) is 10.3. The van der Waals surface area contributed by atoms with Crippen LogP contribution in [-0.4, -0.2) is 49.6 Å². The molecule has 2 saturated heterocycles. The Morgan fingerprint density at radius 1 is 1.45 bits per heavy atom. The Morgan fingerprint density at radius 3 is 2.95 bits per heavy atom. The number of carbonyl (C=O) groups is 3. The van der Waals surface area contributed by atoms with Crippen molar-refractivity contribution in [1.82, 2.24) is 0 Å². The molecule has 7 unspecified atom stereocenters. The summed E-state index contributed by atoms with van der Waals surface area (Å²) in [6.45, 7) is -0.360. The Morgan fingerprint density at radius 2 is 2.23 bits per heavy atom. The molecule has 7 atom stereocenters. The second kappa shape index (κ2) is 5.78. The third-order valence-electron chi connectivity index (χ3n) is 4.79. The van der Waals surface area contributed by atoms with Gasteiger partial charge in [-0.2, -0.15) is 0 Å². The zero-order chi connectivity index (χ0) is 15.4. The summed E-state index contributed by atoms with van der Waals surface area (Å²) in [6.07, 6.45) is 0.973. The minimum absolute atomic E-state index is 0.000602. The summed E-state index contributed by atoms with van der Waals surface area (Å²) in [4.78, 5) is 35.3. The fourth-order valence-corrected chi connectivity index (χ4v) is 7.31.